The zero-order valence-electron chi connectivity index (χ0n) is 19.7. The molecule has 0 aliphatic carbocycles. The number of benzene rings is 3. The summed E-state index contributed by atoms with van der Waals surface area (Å²) in [5.74, 6) is 2.67. The van der Waals surface area contributed by atoms with Crippen molar-refractivity contribution >= 4 is 22.4 Å². The third-order valence-electron chi connectivity index (χ3n) is 5.50. The third-order valence-corrected chi connectivity index (χ3v) is 5.50. The predicted molar refractivity (Wildman–Crippen MR) is 136 cm³/mol. The molecule has 0 saturated carbocycles. The zero-order valence-corrected chi connectivity index (χ0v) is 19.7. The Kier molecular flexibility index (Phi) is 6.63. The molecule has 35 heavy (non-hydrogen) atoms. The van der Waals surface area contributed by atoms with Crippen molar-refractivity contribution in [1.29, 1.82) is 0 Å². The smallest absolute Gasteiger partial charge is 0.228 e. The predicted octanol–water partition coefficient (Wildman–Crippen LogP) is 5.11. The van der Waals surface area contributed by atoms with Crippen molar-refractivity contribution in [2.45, 2.75) is 13.0 Å². The van der Waals surface area contributed by atoms with Gasteiger partial charge in [-0.25, -0.2) is 9.97 Å². The van der Waals surface area contributed by atoms with Crippen molar-refractivity contribution in [3.63, 3.8) is 0 Å². The quantitative estimate of drug-likeness (QED) is 0.321. The number of hydrogen-bond acceptors (Lipinski definition) is 8. The van der Waals surface area contributed by atoms with E-state index in [-0.39, 0.29) is 0 Å². The van der Waals surface area contributed by atoms with Gasteiger partial charge in [-0.3, -0.25) is 0 Å². The van der Waals surface area contributed by atoms with Crippen LogP contribution in [0.15, 0.2) is 83.6 Å². The highest BCUT2D eigenvalue weighted by Gasteiger charge is 2.12. The van der Waals surface area contributed by atoms with Crippen LogP contribution < -0.4 is 10.1 Å². The maximum Gasteiger partial charge on any atom is 0.228 e. The molecule has 0 amide bonds. The van der Waals surface area contributed by atoms with Crippen LogP contribution in [0, 0.1) is 0 Å². The van der Waals surface area contributed by atoms with Gasteiger partial charge < -0.3 is 19.5 Å². The van der Waals surface area contributed by atoms with E-state index < -0.39 is 0 Å². The van der Waals surface area contributed by atoms with Crippen molar-refractivity contribution in [3.05, 3.63) is 90.6 Å². The topological polar surface area (TPSA) is 89.2 Å². The molecule has 0 atom stereocenters. The minimum absolute atomic E-state index is 0.528. The molecule has 0 bridgehead atoms. The molecule has 0 radical (unpaired) electrons. The molecule has 2 aromatic heterocycles. The number of ether oxygens (including phenoxy) is 1. The van der Waals surface area contributed by atoms with Crippen LogP contribution in [0.4, 0.5) is 11.5 Å². The van der Waals surface area contributed by atoms with Crippen LogP contribution in [0.3, 0.4) is 0 Å². The monoisotopic (exact) mass is 466 g/mol. The van der Waals surface area contributed by atoms with Gasteiger partial charge in [0.2, 0.25) is 11.7 Å². The Bertz CT molecular complexity index is 1400. The summed E-state index contributed by atoms with van der Waals surface area (Å²) >= 11 is 0. The standard InChI is InChI=1S/C27H26N6O2/c1-33(2)15-14-25-31-26(32-35-25)20-8-13-24-23(16-20)27(29-18-28-24)30-21-9-11-22(12-10-21)34-17-19-6-4-3-5-7-19/h3-13,16,18H,14-15,17H2,1-2H3,(H,28,29,30). The molecule has 0 saturated heterocycles. The average molecular weight is 467 g/mol. The molecule has 176 valence electrons. The van der Waals surface area contributed by atoms with Crippen LogP contribution >= 0.6 is 0 Å². The molecule has 8 heteroatoms. The van der Waals surface area contributed by atoms with E-state index in [0.29, 0.717) is 30.6 Å². The van der Waals surface area contributed by atoms with Crippen molar-refractivity contribution in [2.75, 3.05) is 26.0 Å². The average Bonchev–Trinajstić information content (AvgIpc) is 3.37. The minimum atomic E-state index is 0.528. The Labute approximate surface area is 203 Å². The van der Waals surface area contributed by atoms with E-state index in [0.717, 1.165) is 40.0 Å². The summed E-state index contributed by atoms with van der Waals surface area (Å²) in [4.78, 5) is 15.5. The van der Waals surface area contributed by atoms with E-state index in [1.165, 1.54) is 0 Å². The summed E-state index contributed by atoms with van der Waals surface area (Å²) in [7, 11) is 4.03. The van der Waals surface area contributed by atoms with Gasteiger partial charge in [0, 0.05) is 29.6 Å². The number of fused-ring (bicyclic) bond motifs is 1. The molecule has 0 unspecified atom stereocenters. The highest BCUT2D eigenvalue weighted by atomic mass is 16.5. The molecule has 3 aromatic carbocycles. The highest BCUT2D eigenvalue weighted by Crippen LogP contribution is 2.28. The Morgan fingerprint density at radius 1 is 0.943 bits per heavy atom. The number of rotatable bonds is 9. The molecule has 0 aliphatic rings. The van der Waals surface area contributed by atoms with E-state index in [2.05, 4.69) is 30.3 Å². The summed E-state index contributed by atoms with van der Waals surface area (Å²) in [6.07, 6.45) is 2.25. The zero-order chi connectivity index (χ0) is 24.0. The number of aromatic nitrogens is 4. The third kappa shape index (κ3) is 5.62. The Balaban J connectivity index is 1.32. The van der Waals surface area contributed by atoms with E-state index in [1.54, 1.807) is 6.33 Å². The highest BCUT2D eigenvalue weighted by molar-refractivity contribution is 5.93. The first-order valence-electron chi connectivity index (χ1n) is 11.4. The normalized spacial score (nSPS) is 11.2. The summed E-state index contributed by atoms with van der Waals surface area (Å²) in [6, 6.07) is 23.8. The molecule has 8 nitrogen and oxygen atoms in total. The number of hydrogen-bond donors (Lipinski definition) is 1. The van der Waals surface area contributed by atoms with Crippen LogP contribution in [-0.4, -0.2) is 45.6 Å². The van der Waals surface area contributed by atoms with Crippen LogP contribution in [-0.2, 0) is 13.0 Å². The van der Waals surface area contributed by atoms with Crippen molar-refractivity contribution in [1.82, 2.24) is 25.0 Å². The number of likely N-dealkylation sites (N-methyl/N-ethyl adjacent to an activating group) is 1. The van der Waals surface area contributed by atoms with Gasteiger partial charge in [0.05, 0.1) is 5.52 Å². The maximum absolute atomic E-state index is 5.89. The maximum atomic E-state index is 5.89. The molecule has 5 aromatic rings. The van der Waals surface area contributed by atoms with Crippen LogP contribution in [0.1, 0.15) is 11.5 Å². The molecular weight excluding hydrogens is 440 g/mol. The number of nitrogens with zero attached hydrogens (tertiary/aromatic N) is 5. The summed E-state index contributed by atoms with van der Waals surface area (Å²) in [5, 5.41) is 8.41. The fourth-order valence-corrected chi connectivity index (χ4v) is 3.60. The second kappa shape index (κ2) is 10.3. The first-order chi connectivity index (χ1) is 17.1. The summed E-state index contributed by atoms with van der Waals surface area (Å²) in [6.45, 7) is 1.37. The van der Waals surface area contributed by atoms with E-state index in [4.69, 9.17) is 9.26 Å². The van der Waals surface area contributed by atoms with Crippen molar-refractivity contribution in [2.24, 2.45) is 0 Å². The number of anilines is 2. The van der Waals surface area contributed by atoms with Gasteiger partial charge in [0.15, 0.2) is 0 Å². The second-order valence-electron chi connectivity index (χ2n) is 8.44. The Hall–Kier alpha value is -4.30. The SMILES string of the molecule is CN(C)CCc1nc(-c2ccc3ncnc(Nc4ccc(OCc5ccccc5)cc4)c3c2)no1. The van der Waals surface area contributed by atoms with Crippen LogP contribution in [0.2, 0.25) is 0 Å². The van der Waals surface area contributed by atoms with Gasteiger partial charge in [-0.2, -0.15) is 4.98 Å². The van der Waals surface area contributed by atoms with Gasteiger partial charge in [-0.1, -0.05) is 35.5 Å². The fourth-order valence-electron chi connectivity index (χ4n) is 3.60. The molecule has 0 aliphatic heterocycles. The minimum Gasteiger partial charge on any atom is -0.489 e. The largest absolute Gasteiger partial charge is 0.489 e. The molecule has 0 fully saturated rings. The van der Waals surface area contributed by atoms with E-state index in [9.17, 15) is 0 Å². The molecule has 5 rings (SSSR count). The lowest BCUT2D eigenvalue weighted by Crippen LogP contribution is -2.15. The Morgan fingerprint density at radius 2 is 1.77 bits per heavy atom. The van der Waals surface area contributed by atoms with Crippen LogP contribution in [0.25, 0.3) is 22.3 Å². The first kappa shape index (κ1) is 22.5. The number of nitrogens with one attached hydrogen (secondary N) is 1. The lowest BCUT2D eigenvalue weighted by molar-refractivity contribution is 0.306. The van der Waals surface area contributed by atoms with E-state index in [1.807, 2.05) is 86.9 Å². The van der Waals surface area contributed by atoms with Crippen LogP contribution in [0.5, 0.6) is 5.75 Å². The molecular formula is C27H26N6O2. The molecule has 2 heterocycles. The van der Waals surface area contributed by atoms with E-state index >= 15 is 0 Å². The second-order valence-corrected chi connectivity index (χ2v) is 8.44. The van der Waals surface area contributed by atoms with Gasteiger partial charge in [-0.05, 0) is 62.1 Å². The fraction of sp³-hybridized carbons (Fsp3) is 0.185. The van der Waals surface area contributed by atoms with Gasteiger partial charge in [0.1, 0.15) is 24.5 Å². The van der Waals surface area contributed by atoms with Gasteiger partial charge in [0.25, 0.3) is 0 Å². The lowest BCUT2D eigenvalue weighted by atomic mass is 10.1. The molecule has 1 N–H and O–H groups in total. The summed E-state index contributed by atoms with van der Waals surface area (Å²) < 4.78 is 11.3. The molecule has 0 spiro atoms. The summed E-state index contributed by atoms with van der Waals surface area (Å²) in [5.41, 5.74) is 3.70. The van der Waals surface area contributed by atoms with Gasteiger partial charge >= 0.3 is 0 Å². The van der Waals surface area contributed by atoms with Gasteiger partial charge in [-0.15, -0.1) is 0 Å². The Morgan fingerprint density at radius 3 is 2.57 bits per heavy atom. The lowest BCUT2D eigenvalue weighted by Gasteiger charge is -2.10. The van der Waals surface area contributed by atoms with Crippen molar-refractivity contribution < 1.29 is 9.26 Å². The van der Waals surface area contributed by atoms with Crippen molar-refractivity contribution in [3.8, 4) is 17.1 Å². The first-order valence-corrected chi connectivity index (χ1v) is 11.4.